The van der Waals surface area contributed by atoms with E-state index in [4.69, 9.17) is 18.9 Å². The molecule has 7 nitrogen and oxygen atoms in total. The molecule has 6 rings (SSSR count). The van der Waals surface area contributed by atoms with Crippen LogP contribution in [-0.2, 0) is 18.9 Å². The van der Waals surface area contributed by atoms with Gasteiger partial charge in [-0.2, -0.15) is 0 Å². The zero-order valence-electron chi connectivity index (χ0n) is 19.5. The standard InChI is InChI=1S/C24H39NO6/c1-6-25-11-12-7-8-16(29-3)23-14-9-13-15(28-2)10-22(26,18(14)19(13)30-4)24(27,21(23)25)20(31-5)17(12)23/h12-21,26-27H,6-11H2,1-5H3. The molecule has 7 heteroatoms. The van der Waals surface area contributed by atoms with Gasteiger partial charge in [-0.15, -0.1) is 0 Å². The van der Waals surface area contributed by atoms with Crippen molar-refractivity contribution in [1.82, 2.24) is 4.90 Å². The van der Waals surface area contributed by atoms with Crippen molar-refractivity contribution >= 4 is 0 Å². The van der Waals surface area contributed by atoms with Gasteiger partial charge in [-0.3, -0.25) is 4.90 Å². The third kappa shape index (κ3) is 2.01. The van der Waals surface area contributed by atoms with Gasteiger partial charge in [0.05, 0.1) is 30.5 Å². The third-order valence-corrected chi connectivity index (χ3v) is 11.1. The van der Waals surface area contributed by atoms with Crippen LogP contribution in [0.2, 0.25) is 0 Å². The minimum absolute atomic E-state index is 0.0483. The summed E-state index contributed by atoms with van der Waals surface area (Å²) < 4.78 is 24.5. The van der Waals surface area contributed by atoms with Crippen molar-refractivity contribution in [3.8, 4) is 0 Å². The second-order valence-corrected chi connectivity index (χ2v) is 11.2. The van der Waals surface area contributed by atoms with Gasteiger partial charge in [-0.1, -0.05) is 6.92 Å². The average molecular weight is 438 g/mol. The minimum atomic E-state index is -1.39. The fourth-order valence-electron chi connectivity index (χ4n) is 10.6. The summed E-state index contributed by atoms with van der Waals surface area (Å²) in [7, 11) is 7.03. The number of hydrogen-bond acceptors (Lipinski definition) is 7. The van der Waals surface area contributed by atoms with Crippen molar-refractivity contribution in [2.24, 2.45) is 35.0 Å². The SMILES string of the molecule is CCN1CC2CCC(OC)C34C5CC6C(OC)CC(O)(C5C6OC)C(O)(C(OC)C23)C14. The molecule has 0 amide bonds. The summed E-state index contributed by atoms with van der Waals surface area (Å²) >= 11 is 0. The molecule has 0 aromatic rings. The molecule has 1 spiro atoms. The van der Waals surface area contributed by atoms with Gasteiger partial charge >= 0.3 is 0 Å². The van der Waals surface area contributed by atoms with E-state index in [9.17, 15) is 10.2 Å². The Balaban J connectivity index is 1.66. The lowest BCUT2D eigenvalue weighted by molar-refractivity contribution is -0.315. The van der Waals surface area contributed by atoms with Crippen LogP contribution in [0.15, 0.2) is 0 Å². The van der Waals surface area contributed by atoms with Crippen LogP contribution < -0.4 is 0 Å². The van der Waals surface area contributed by atoms with Crippen molar-refractivity contribution in [3.05, 3.63) is 0 Å². The van der Waals surface area contributed by atoms with Crippen LogP contribution in [0.1, 0.15) is 32.6 Å². The highest BCUT2D eigenvalue weighted by molar-refractivity contribution is 5.40. The number of hydrogen-bond donors (Lipinski definition) is 2. The molecule has 176 valence electrons. The molecule has 0 aromatic heterocycles. The van der Waals surface area contributed by atoms with E-state index >= 15 is 0 Å². The Morgan fingerprint density at radius 3 is 2.35 bits per heavy atom. The van der Waals surface area contributed by atoms with E-state index < -0.39 is 17.3 Å². The van der Waals surface area contributed by atoms with E-state index in [2.05, 4.69) is 11.8 Å². The fourth-order valence-corrected chi connectivity index (χ4v) is 10.6. The lowest BCUT2D eigenvalue weighted by Crippen LogP contribution is -2.81. The van der Waals surface area contributed by atoms with Gasteiger partial charge in [0.25, 0.3) is 0 Å². The highest BCUT2D eigenvalue weighted by Gasteiger charge is 2.89. The molecular weight excluding hydrogens is 398 g/mol. The fraction of sp³-hybridized carbons (Fsp3) is 1.00. The van der Waals surface area contributed by atoms with Crippen LogP contribution in [-0.4, -0.2) is 98.3 Å². The van der Waals surface area contributed by atoms with Gasteiger partial charge in [0.1, 0.15) is 11.2 Å². The van der Waals surface area contributed by atoms with Crippen molar-refractivity contribution in [3.63, 3.8) is 0 Å². The normalized spacial score (nSPS) is 61.6. The number of rotatable bonds is 5. The van der Waals surface area contributed by atoms with Crippen LogP contribution in [0.3, 0.4) is 0 Å². The number of likely N-dealkylation sites (N-methyl/N-ethyl adjacent to an activating group) is 1. The van der Waals surface area contributed by atoms with E-state index in [1.165, 1.54) is 0 Å². The number of piperidine rings is 1. The Kier molecular flexibility index (Phi) is 4.56. The molecule has 7 bridgehead atoms. The third-order valence-electron chi connectivity index (χ3n) is 11.1. The molecule has 1 heterocycles. The maximum Gasteiger partial charge on any atom is 0.136 e. The number of fused-ring (bicyclic) bond motifs is 2. The molecule has 6 fully saturated rings. The second-order valence-electron chi connectivity index (χ2n) is 11.2. The molecular formula is C24H39NO6. The zero-order valence-corrected chi connectivity index (χ0v) is 19.5. The molecule has 1 saturated heterocycles. The summed E-state index contributed by atoms with van der Waals surface area (Å²) in [4.78, 5) is 2.45. The van der Waals surface area contributed by atoms with Gasteiger partial charge < -0.3 is 29.2 Å². The second kappa shape index (κ2) is 6.65. The van der Waals surface area contributed by atoms with Gasteiger partial charge in [0.15, 0.2) is 0 Å². The van der Waals surface area contributed by atoms with Crippen molar-refractivity contribution in [2.45, 2.75) is 74.3 Å². The highest BCUT2D eigenvalue weighted by Crippen LogP contribution is 2.78. The Morgan fingerprint density at radius 2 is 1.74 bits per heavy atom. The number of methoxy groups -OCH3 is 4. The predicted molar refractivity (Wildman–Crippen MR) is 112 cm³/mol. The van der Waals surface area contributed by atoms with Crippen molar-refractivity contribution in [2.75, 3.05) is 41.5 Å². The molecule has 13 atom stereocenters. The Morgan fingerprint density at radius 1 is 0.968 bits per heavy atom. The Bertz CT molecular complexity index is 752. The topological polar surface area (TPSA) is 80.6 Å². The maximum absolute atomic E-state index is 12.8. The molecule has 2 N–H and O–H groups in total. The first-order valence-electron chi connectivity index (χ1n) is 12.2. The lowest BCUT2D eigenvalue weighted by atomic mass is 9.45. The molecule has 13 unspecified atom stereocenters. The summed E-state index contributed by atoms with van der Waals surface area (Å²) in [5.41, 5.74) is -2.95. The van der Waals surface area contributed by atoms with Gasteiger partial charge in [-0.25, -0.2) is 0 Å². The first kappa shape index (κ1) is 21.3. The van der Waals surface area contributed by atoms with E-state index in [-0.39, 0.29) is 53.4 Å². The van der Waals surface area contributed by atoms with Crippen LogP contribution >= 0.6 is 0 Å². The molecule has 6 aliphatic rings. The van der Waals surface area contributed by atoms with Crippen LogP contribution in [0.4, 0.5) is 0 Å². The zero-order chi connectivity index (χ0) is 21.9. The molecule has 0 aromatic carbocycles. The maximum atomic E-state index is 12.8. The molecule has 1 aliphatic heterocycles. The molecule has 31 heavy (non-hydrogen) atoms. The molecule has 0 radical (unpaired) electrons. The van der Waals surface area contributed by atoms with E-state index in [1.54, 1.807) is 21.3 Å². The minimum Gasteiger partial charge on any atom is -0.386 e. The summed E-state index contributed by atoms with van der Waals surface area (Å²) in [6.45, 7) is 3.99. The first-order chi connectivity index (χ1) is 14.9. The summed E-state index contributed by atoms with van der Waals surface area (Å²) in [6.07, 6.45) is 2.85. The van der Waals surface area contributed by atoms with Crippen molar-refractivity contribution in [1.29, 1.82) is 0 Å². The highest BCUT2D eigenvalue weighted by atomic mass is 16.5. The number of nitrogens with zero attached hydrogens (tertiary/aromatic N) is 1. The van der Waals surface area contributed by atoms with E-state index in [0.717, 1.165) is 32.4 Å². The number of likely N-dealkylation sites (tertiary alicyclic amines) is 1. The summed E-state index contributed by atoms with van der Waals surface area (Å²) in [6, 6.07) is -0.181. The molecule has 5 aliphatic carbocycles. The van der Waals surface area contributed by atoms with Crippen LogP contribution in [0.5, 0.6) is 0 Å². The average Bonchev–Trinajstić information content (AvgIpc) is 3.17. The van der Waals surface area contributed by atoms with Crippen molar-refractivity contribution < 1.29 is 29.2 Å². The first-order valence-corrected chi connectivity index (χ1v) is 12.2. The van der Waals surface area contributed by atoms with Gasteiger partial charge in [-0.05, 0) is 37.6 Å². The van der Waals surface area contributed by atoms with Gasteiger partial charge in [0.2, 0.25) is 0 Å². The largest absolute Gasteiger partial charge is 0.386 e. The quantitative estimate of drug-likeness (QED) is 0.662. The van der Waals surface area contributed by atoms with Crippen LogP contribution in [0, 0.1) is 35.0 Å². The predicted octanol–water partition coefficient (Wildman–Crippen LogP) is 0.909. The Hall–Kier alpha value is -0.280. The monoisotopic (exact) mass is 437 g/mol. The summed E-state index contributed by atoms with van der Waals surface area (Å²) in [5.74, 6) is 0.946. The number of ether oxygens (including phenoxy) is 4. The van der Waals surface area contributed by atoms with E-state index in [0.29, 0.717) is 12.3 Å². The summed E-state index contributed by atoms with van der Waals surface area (Å²) in [5, 5.41) is 25.5. The van der Waals surface area contributed by atoms with Gasteiger partial charge in [0, 0.05) is 64.6 Å². The molecule has 5 saturated carbocycles. The Labute approximate surface area is 185 Å². The number of aliphatic hydroxyl groups is 2. The van der Waals surface area contributed by atoms with E-state index in [1.807, 2.05) is 7.11 Å². The lowest BCUT2D eigenvalue weighted by Gasteiger charge is -2.68. The van der Waals surface area contributed by atoms with Crippen LogP contribution in [0.25, 0.3) is 0 Å². The smallest absolute Gasteiger partial charge is 0.136 e.